The Balaban J connectivity index is 2.49. The highest BCUT2D eigenvalue weighted by Crippen LogP contribution is 2.28. The van der Waals surface area contributed by atoms with Crippen molar-refractivity contribution in [1.29, 1.82) is 5.26 Å². The second-order valence-electron chi connectivity index (χ2n) is 4.34. The molecule has 3 nitrogen and oxygen atoms in total. The molecular formula is C17H15NO2. The number of aliphatic hydroxyl groups is 2. The van der Waals surface area contributed by atoms with Crippen molar-refractivity contribution in [2.24, 2.45) is 0 Å². The number of aliphatic hydroxyl groups excluding tert-OH is 2. The largest absolute Gasteiger partial charge is 0.392 e. The maximum Gasteiger partial charge on any atom is 0.114 e. The zero-order valence-corrected chi connectivity index (χ0v) is 10.9. The molecule has 0 saturated heterocycles. The van der Waals surface area contributed by atoms with Crippen molar-refractivity contribution in [1.82, 2.24) is 0 Å². The molecule has 0 saturated carbocycles. The van der Waals surface area contributed by atoms with E-state index < -0.39 is 6.10 Å². The third-order valence-corrected chi connectivity index (χ3v) is 3.11. The fraction of sp³-hybridized carbons (Fsp3) is 0.118. The van der Waals surface area contributed by atoms with E-state index in [1.54, 1.807) is 36.4 Å². The highest BCUT2D eigenvalue weighted by Gasteiger charge is 2.18. The Morgan fingerprint density at radius 3 is 2.05 bits per heavy atom. The number of nitrogens with zero attached hydrogens (tertiary/aromatic N) is 1. The van der Waals surface area contributed by atoms with Gasteiger partial charge in [-0.3, -0.25) is 0 Å². The van der Waals surface area contributed by atoms with Gasteiger partial charge in [0.15, 0.2) is 0 Å². The van der Waals surface area contributed by atoms with Gasteiger partial charge in [-0.1, -0.05) is 60.7 Å². The number of benzene rings is 2. The first kappa shape index (κ1) is 14.0. The quantitative estimate of drug-likeness (QED) is 0.835. The van der Waals surface area contributed by atoms with Gasteiger partial charge in [0.1, 0.15) is 6.10 Å². The molecule has 0 aliphatic carbocycles. The van der Waals surface area contributed by atoms with E-state index in [-0.39, 0.29) is 12.2 Å². The van der Waals surface area contributed by atoms with Crippen molar-refractivity contribution in [3.8, 4) is 6.07 Å². The lowest BCUT2D eigenvalue weighted by atomic mass is 9.94. The monoisotopic (exact) mass is 265 g/mol. The van der Waals surface area contributed by atoms with Crippen LogP contribution in [-0.2, 0) is 0 Å². The minimum atomic E-state index is -1.04. The lowest BCUT2D eigenvalue weighted by Gasteiger charge is -2.14. The molecule has 1 unspecified atom stereocenters. The van der Waals surface area contributed by atoms with Gasteiger partial charge in [0.25, 0.3) is 0 Å². The van der Waals surface area contributed by atoms with Crippen LogP contribution < -0.4 is 0 Å². The summed E-state index contributed by atoms with van der Waals surface area (Å²) in [5.74, 6) is 0. The summed E-state index contributed by atoms with van der Waals surface area (Å²) in [6.07, 6.45) is -1.04. The Bertz CT molecular complexity index is 627. The summed E-state index contributed by atoms with van der Waals surface area (Å²) in [5, 5.41) is 29.2. The van der Waals surface area contributed by atoms with Crippen LogP contribution in [0, 0.1) is 11.3 Å². The lowest BCUT2D eigenvalue weighted by molar-refractivity contribution is 0.220. The first-order chi connectivity index (χ1) is 9.77. The first-order valence-electron chi connectivity index (χ1n) is 6.30. The minimum Gasteiger partial charge on any atom is -0.392 e. The fourth-order valence-corrected chi connectivity index (χ4v) is 2.07. The Kier molecular flexibility index (Phi) is 4.67. The zero-order valence-electron chi connectivity index (χ0n) is 10.9. The van der Waals surface area contributed by atoms with Gasteiger partial charge >= 0.3 is 0 Å². The van der Waals surface area contributed by atoms with E-state index in [2.05, 4.69) is 0 Å². The Labute approximate surface area is 118 Å². The SMILES string of the molecule is N#CC(=C(CO)c1ccccc1)C(O)c1ccccc1. The van der Waals surface area contributed by atoms with Crippen LogP contribution in [0.2, 0.25) is 0 Å². The average molecular weight is 265 g/mol. The molecule has 0 amide bonds. The van der Waals surface area contributed by atoms with Crippen molar-refractivity contribution in [3.63, 3.8) is 0 Å². The summed E-state index contributed by atoms with van der Waals surface area (Å²) < 4.78 is 0. The number of nitriles is 1. The molecule has 0 aliphatic heterocycles. The molecule has 0 aliphatic rings. The Morgan fingerprint density at radius 2 is 1.55 bits per heavy atom. The minimum absolute atomic E-state index is 0.171. The molecule has 0 fully saturated rings. The maximum atomic E-state index is 10.4. The topological polar surface area (TPSA) is 64.2 Å². The third-order valence-electron chi connectivity index (χ3n) is 3.11. The van der Waals surface area contributed by atoms with Gasteiger partial charge in [-0.2, -0.15) is 5.26 Å². The number of rotatable bonds is 4. The van der Waals surface area contributed by atoms with Crippen LogP contribution >= 0.6 is 0 Å². The number of hydrogen-bond donors (Lipinski definition) is 2. The predicted octanol–water partition coefficient (Wildman–Crippen LogP) is 2.69. The number of hydrogen-bond acceptors (Lipinski definition) is 3. The van der Waals surface area contributed by atoms with Gasteiger partial charge in [-0.05, 0) is 11.1 Å². The zero-order chi connectivity index (χ0) is 14.4. The molecule has 3 heteroatoms. The smallest absolute Gasteiger partial charge is 0.114 e. The van der Waals surface area contributed by atoms with Gasteiger partial charge in [-0.25, -0.2) is 0 Å². The molecule has 0 heterocycles. The van der Waals surface area contributed by atoms with Gasteiger partial charge in [-0.15, -0.1) is 0 Å². The molecule has 100 valence electrons. The van der Waals surface area contributed by atoms with Gasteiger partial charge in [0, 0.05) is 5.57 Å². The highest BCUT2D eigenvalue weighted by atomic mass is 16.3. The molecule has 0 spiro atoms. The Morgan fingerprint density at radius 1 is 1.00 bits per heavy atom. The van der Waals surface area contributed by atoms with Crippen LogP contribution in [0.5, 0.6) is 0 Å². The van der Waals surface area contributed by atoms with E-state index in [4.69, 9.17) is 0 Å². The van der Waals surface area contributed by atoms with Crippen molar-refractivity contribution in [3.05, 3.63) is 77.4 Å². The van der Waals surface area contributed by atoms with Crippen molar-refractivity contribution >= 4 is 5.57 Å². The van der Waals surface area contributed by atoms with Gasteiger partial charge in [0.05, 0.1) is 18.2 Å². The molecular weight excluding hydrogens is 250 g/mol. The highest BCUT2D eigenvalue weighted by molar-refractivity contribution is 5.73. The summed E-state index contributed by atoms with van der Waals surface area (Å²) >= 11 is 0. The van der Waals surface area contributed by atoms with Crippen molar-refractivity contribution < 1.29 is 10.2 Å². The molecule has 2 rings (SSSR count). The molecule has 1 atom stereocenters. The standard InChI is InChI=1S/C17H15NO2/c18-11-15(17(20)14-9-5-2-6-10-14)16(12-19)13-7-3-1-4-8-13/h1-10,17,19-20H,12H2. The van der Waals surface area contributed by atoms with E-state index in [0.717, 1.165) is 5.56 Å². The Hall–Kier alpha value is -2.41. The van der Waals surface area contributed by atoms with Crippen molar-refractivity contribution in [2.45, 2.75) is 6.10 Å². The second-order valence-corrected chi connectivity index (χ2v) is 4.34. The van der Waals surface area contributed by atoms with Gasteiger partial charge < -0.3 is 10.2 Å². The summed E-state index contributed by atoms with van der Waals surface area (Å²) in [4.78, 5) is 0. The fourth-order valence-electron chi connectivity index (χ4n) is 2.07. The van der Waals surface area contributed by atoms with E-state index in [0.29, 0.717) is 11.1 Å². The summed E-state index contributed by atoms with van der Waals surface area (Å²) in [5.41, 5.74) is 1.99. The van der Waals surface area contributed by atoms with E-state index in [1.807, 2.05) is 30.3 Å². The molecule has 20 heavy (non-hydrogen) atoms. The molecule has 2 N–H and O–H groups in total. The molecule has 0 bridgehead atoms. The second kappa shape index (κ2) is 6.67. The van der Waals surface area contributed by atoms with E-state index >= 15 is 0 Å². The molecule has 2 aromatic carbocycles. The van der Waals surface area contributed by atoms with Crippen LogP contribution in [-0.4, -0.2) is 16.8 Å². The van der Waals surface area contributed by atoms with Crippen molar-refractivity contribution in [2.75, 3.05) is 6.61 Å². The van der Waals surface area contributed by atoms with Crippen LogP contribution in [0.4, 0.5) is 0 Å². The predicted molar refractivity (Wildman–Crippen MR) is 77.5 cm³/mol. The van der Waals surface area contributed by atoms with Crippen LogP contribution in [0.1, 0.15) is 17.2 Å². The molecule has 0 radical (unpaired) electrons. The summed E-state index contributed by atoms with van der Waals surface area (Å²) in [7, 11) is 0. The average Bonchev–Trinajstić information content (AvgIpc) is 2.53. The maximum absolute atomic E-state index is 10.4. The normalized spacial score (nSPS) is 13.2. The van der Waals surface area contributed by atoms with E-state index in [9.17, 15) is 15.5 Å². The van der Waals surface area contributed by atoms with Gasteiger partial charge in [0.2, 0.25) is 0 Å². The summed E-state index contributed by atoms with van der Waals surface area (Å²) in [6.45, 7) is -0.295. The van der Waals surface area contributed by atoms with Crippen LogP contribution in [0.3, 0.4) is 0 Å². The third kappa shape index (κ3) is 2.94. The van der Waals surface area contributed by atoms with Crippen LogP contribution in [0.25, 0.3) is 5.57 Å². The first-order valence-corrected chi connectivity index (χ1v) is 6.30. The molecule has 2 aromatic rings. The van der Waals surface area contributed by atoms with E-state index in [1.165, 1.54) is 0 Å². The lowest BCUT2D eigenvalue weighted by Crippen LogP contribution is -2.05. The van der Waals surface area contributed by atoms with Crippen LogP contribution in [0.15, 0.2) is 66.2 Å². The summed E-state index contributed by atoms with van der Waals surface area (Å²) in [6, 6.07) is 20.1. The molecule has 0 aromatic heterocycles.